The molecule has 0 fully saturated rings. The lowest BCUT2D eigenvalue weighted by Gasteiger charge is -2.31. The first kappa shape index (κ1) is 15.5. The third-order valence-electron chi connectivity index (χ3n) is 3.30. The van der Waals surface area contributed by atoms with E-state index in [4.69, 9.17) is 0 Å². The van der Waals surface area contributed by atoms with Crippen LogP contribution in [0.1, 0.15) is 36.7 Å². The Hall–Kier alpha value is -0.920. The Labute approximate surface area is 127 Å². The number of fused-ring (bicyclic) bond motifs is 1. The molecule has 110 valence electrons. The number of hydrogen-bond acceptors (Lipinski definition) is 3. The van der Waals surface area contributed by atoms with Gasteiger partial charge in [-0.2, -0.15) is 0 Å². The minimum absolute atomic E-state index is 0.0288. The normalized spacial score (nSPS) is 15.7. The van der Waals surface area contributed by atoms with Gasteiger partial charge >= 0.3 is 0 Å². The number of nitrogens with zero attached hydrogens (tertiary/aromatic N) is 1. The summed E-state index contributed by atoms with van der Waals surface area (Å²) in [5.41, 5.74) is 0.647. The monoisotopic (exact) mass is 360 g/mol. The highest BCUT2D eigenvalue weighted by Gasteiger charge is 2.38. The smallest absolute Gasteiger partial charge is 0.256 e. The lowest BCUT2D eigenvalue weighted by molar-refractivity contribution is 0.0607. The van der Waals surface area contributed by atoms with Crippen molar-refractivity contribution in [1.29, 1.82) is 0 Å². The summed E-state index contributed by atoms with van der Waals surface area (Å²) in [5, 5.41) is 0. The number of amides is 1. The van der Waals surface area contributed by atoms with Crippen LogP contribution in [-0.4, -0.2) is 31.8 Å². The molecular formula is C13H17BrN2O3S. The second-order valence-electron chi connectivity index (χ2n) is 5.71. The number of rotatable bonds is 2. The molecule has 1 aromatic carbocycles. The first-order valence-corrected chi connectivity index (χ1v) is 8.43. The zero-order chi connectivity index (χ0) is 15.3. The minimum Gasteiger partial charge on any atom is -0.329 e. The summed E-state index contributed by atoms with van der Waals surface area (Å²) >= 11 is 3.31. The Balaban J connectivity index is 2.67. The topological polar surface area (TPSA) is 66.5 Å². The Morgan fingerprint density at radius 2 is 1.90 bits per heavy atom. The molecule has 1 aliphatic rings. The molecule has 0 atom stereocenters. The first-order chi connectivity index (χ1) is 9.08. The van der Waals surface area contributed by atoms with Crippen molar-refractivity contribution in [3.05, 3.63) is 27.7 Å². The van der Waals surface area contributed by atoms with Crippen LogP contribution in [0, 0.1) is 0 Å². The van der Waals surface area contributed by atoms with Gasteiger partial charge in [0.25, 0.3) is 5.91 Å². The SMILES string of the molecule is CNS(=O)(=O)c1cc(Br)cc2c1C(=O)N(C(C)(C)C)C2. The Bertz CT molecular complexity index is 678. The van der Waals surface area contributed by atoms with Crippen LogP contribution in [0.15, 0.2) is 21.5 Å². The molecule has 1 aromatic rings. The van der Waals surface area contributed by atoms with Crippen molar-refractivity contribution >= 4 is 31.9 Å². The van der Waals surface area contributed by atoms with E-state index >= 15 is 0 Å². The van der Waals surface area contributed by atoms with E-state index in [1.165, 1.54) is 13.1 Å². The minimum atomic E-state index is -3.68. The van der Waals surface area contributed by atoms with Crippen molar-refractivity contribution in [2.24, 2.45) is 0 Å². The van der Waals surface area contributed by atoms with Gasteiger partial charge in [-0.15, -0.1) is 0 Å². The summed E-state index contributed by atoms with van der Waals surface area (Å²) in [6, 6.07) is 3.27. The second kappa shape index (κ2) is 4.82. The highest BCUT2D eigenvalue weighted by Crippen LogP contribution is 2.35. The van der Waals surface area contributed by atoms with E-state index in [0.717, 1.165) is 5.56 Å². The van der Waals surface area contributed by atoms with Crippen LogP contribution in [0.4, 0.5) is 0 Å². The fraction of sp³-hybridized carbons (Fsp3) is 0.462. The molecule has 0 radical (unpaired) electrons. The van der Waals surface area contributed by atoms with Crippen LogP contribution < -0.4 is 4.72 Å². The summed E-state index contributed by atoms with van der Waals surface area (Å²) in [7, 11) is -2.34. The largest absolute Gasteiger partial charge is 0.329 e. The fourth-order valence-corrected chi connectivity index (χ4v) is 3.89. The molecule has 1 aliphatic heterocycles. The maximum atomic E-state index is 12.6. The van der Waals surface area contributed by atoms with E-state index < -0.39 is 10.0 Å². The van der Waals surface area contributed by atoms with Crippen LogP contribution >= 0.6 is 15.9 Å². The third-order valence-corrected chi connectivity index (χ3v) is 5.20. The van der Waals surface area contributed by atoms with Crippen molar-refractivity contribution in [1.82, 2.24) is 9.62 Å². The molecule has 1 amide bonds. The molecule has 0 aromatic heterocycles. The summed E-state index contributed by atoms with van der Waals surface area (Å²) < 4.78 is 27.1. The Kier molecular flexibility index (Phi) is 3.73. The maximum Gasteiger partial charge on any atom is 0.256 e. The van der Waals surface area contributed by atoms with E-state index in [1.54, 1.807) is 11.0 Å². The molecule has 1 heterocycles. The molecule has 0 saturated heterocycles. The standard InChI is InChI=1S/C13H17BrN2O3S/c1-13(2,3)16-7-8-5-9(14)6-10(11(8)12(16)17)20(18,19)15-4/h5-6,15H,7H2,1-4H3. The van der Waals surface area contributed by atoms with Crippen LogP contribution in [0.2, 0.25) is 0 Å². The van der Waals surface area contributed by atoms with Crippen molar-refractivity contribution in [2.45, 2.75) is 37.8 Å². The number of hydrogen-bond donors (Lipinski definition) is 1. The van der Waals surface area contributed by atoms with Gasteiger partial charge in [0.15, 0.2) is 0 Å². The number of halogens is 1. The highest BCUT2D eigenvalue weighted by molar-refractivity contribution is 9.10. The van der Waals surface area contributed by atoms with E-state index in [-0.39, 0.29) is 21.9 Å². The summed E-state index contributed by atoms with van der Waals surface area (Å²) in [6.07, 6.45) is 0. The average Bonchev–Trinajstić information content (AvgIpc) is 2.65. The van der Waals surface area contributed by atoms with E-state index in [1.807, 2.05) is 20.8 Å². The summed E-state index contributed by atoms with van der Waals surface area (Å²) in [5.74, 6) is -0.242. The maximum absolute atomic E-state index is 12.6. The van der Waals surface area contributed by atoms with Crippen LogP contribution in [0.25, 0.3) is 0 Å². The molecule has 7 heteroatoms. The van der Waals surface area contributed by atoms with Crippen LogP contribution in [-0.2, 0) is 16.6 Å². The summed E-state index contributed by atoms with van der Waals surface area (Å²) in [4.78, 5) is 14.3. The molecule has 1 N–H and O–H groups in total. The van der Waals surface area contributed by atoms with E-state index in [0.29, 0.717) is 11.0 Å². The second-order valence-corrected chi connectivity index (χ2v) is 8.48. The van der Waals surface area contributed by atoms with Gasteiger partial charge in [0, 0.05) is 16.6 Å². The Morgan fingerprint density at radius 1 is 1.30 bits per heavy atom. The molecule has 20 heavy (non-hydrogen) atoms. The quantitative estimate of drug-likeness (QED) is 0.878. The van der Waals surface area contributed by atoms with Crippen molar-refractivity contribution in [2.75, 3.05) is 7.05 Å². The Morgan fingerprint density at radius 3 is 2.40 bits per heavy atom. The van der Waals surface area contributed by atoms with Gasteiger partial charge < -0.3 is 4.90 Å². The molecule has 0 aliphatic carbocycles. The molecule has 2 rings (SSSR count). The zero-order valence-corrected chi connectivity index (χ0v) is 14.2. The van der Waals surface area contributed by atoms with Gasteiger partial charge in [-0.1, -0.05) is 15.9 Å². The lowest BCUT2D eigenvalue weighted by atomic mass is 10.1. The van der Waals surface area contributed by atoms with Crippen molar-refractivity contribution in [3.8, 4) is 0 Å². The predicted octanol–water partition coefficient (Wildman–Crippen LogP) is 2.11. The van der Waals surface area contributed by atoms with Crippen molar-refractivity contribution in [3.63, 3.8) is 0 Å². The number of sulfonamides is 1. The van der Waals surface area contributed by atoms with Gasteiger partial charge in [0.2, 0.25) is 10.0 Å². The van der Waals surface area contributed by atoms with Gasteiger partial charge in [0.1, 0.15) is 0 Å². The molecular weight excluding hydrogens is 344 g/mol. The number of carbonyl (C=O) groups is 1. The molecule has 0 spiro atoms. The first-order valence-electron chi connectivity index (χ1n) is 6.16. The summed E-state index contributed by atoms with van der Waals surface area (Å²) in [6.45, 7) is 6.21. The van der Waals surface area contributed by atoms with Crippen molar-refractivity contribution < 1.29 is 13.2 Å². The van der Waals surface area contributed by atoms with Crippen LogP contribution in [0.3, 0.4) is 0 Å². The van der Waals surface area contributed by atoms with Gasteiger partial charge in [0.05, 0.1) is 10.5 Å². The lowest BCUT2D eigenvalue weighted by Crippen LogP contribution is -2.41. The number of nitrogens with one attached hydrogen (secondary N) is 1. The van der Waals surface area contributed by atoms with Crippen LogP contribution in [0.5, 0.6) is 0 Å². The highest BCUT2D eigenvalue weighted by atomic mass is 79.9. The molecule has 0 bridgehead atoms. The molecule has 5 nitrogen and oxygen atoms in total. The third kappa shape index (κ3) is 2.49. The van der Waals surface area contributed by atoms with Gasteiger partial charge in [-0.05, 0) is 45.5 Å². The number of carbonyl (C=O) groups excluding carboxylic acids is 1. The molecule has 0 unspecified atom stereocenters. The van der Waals surface area contributed by atoms with E-state index in [9.17, 15) is 13.2 Å². The van der Waals surface area contributed by atoms with Gasteiger partial charge in [-0.25, -0.2) is 13.1 Å². The zero-order valence-electron chi connectivity index (χ0n) is 11.8. The number of benzene rings is 1. The average molecular weight is 361 g/mol. The fourth-order valence-electron chi connectivity index (χ4n) is 2.24. The van der Waals surface area contributed by atoms with E-state index in [2.05, 4.69) is 20.7 Å². The molecule has 0 saturated carbocycles. The van der Waals surface area contributed by atoms with Gasteiger partial charge in [-0.3, -0.25) is 4.79 Å². The predicted molar refractivity (Wildman–Crippen MR) is 80.0 cm³/mol.